The minimum atomic E-state index is 0.310. The van der Waals surface area contributed by atoms with Gasteiger partial charge in [0.1, 0.15) is 0 Å². The first kappa shape index (κ1) is 46.6. The molecule has 11 aromatic rings. The molecule has 1 aliphatic carbocycles. The van der Waals surface area contributed by atoms with Gasteiger partial charge in [0.2, 0.25) is 0 Å². The van der Waals surface area contributed by atoms with Gasteiger partial charge in [0.05, 0.1) is 0 Å². The summed E-state index contributed by atoms with van der Waals surface area (Å²) in [5, 5.41) is 0. The summed E-state index contributed by atoms with van der Waals surface area (Å²) in [6.07, 6.45) is 5.50. The van der Waals surface area contributed by atoms with Crippen LogP contribution in [0.5, 0.6) is 0 Å². The van der Waals surface area contributed by atoms with Crippen molar-refractivity contribution in [3.05, 3.63) is 309 Å². The van der Waals surface area contributed by atoms with Crippen molar-refractivity contribution in [3.8, 4) is 44.5 Å². The molecule has 360 valence electrons. The van der Waals surface area contributed by atoms with Gasteiger partial charge in [-0.05, 0) is 172 Å². The van der Waals surface area contributed by atoms with E-state index in [1.165, 1.54) is 67.0 Å². The molecule has 3 nitrogen and oxygen atoms in total. The fourth-order valence-corrected chi connectivity index (χ4v) is 10.7. The second-order valence-electron chi connectivity index (χ2n) is 19.2. The fraction of sp³-hybridized carbons (Fsp3) is 0.0556. The second-order valence-corrected chi connectivity index (χ2v) is 19.2. The molecule has 0 amide bonds. The topological polar surface area (TPSA) is 9.72 Å². The first-order valence-corrected chi connectivity index (χ1v) is 26.1. The van der Waals surface area contributed by atoms with E-state index in [0.717, 1.165) is 53.4 Å². The summed E-state index contributed by atoms with van der Waals surface area (Å²) in [6, 6.07) is 108. The predicted octanol–water partition coefficient (Wildman–Crippen LogP) is 20.1. The van der Waals surface area contributed by atoms with Crippen LogP contribution < -0.4 is 14.7 Å². The molecule has 0 fully saturated rings. The molecule has 1 aliphatic rings. The zero-order valence-corrected chi connectivity index (χ0v) is 41.9. The van der Waals surface area contributed by atoms with Gasteiger partial charge in [-0.3, -0.25) is 0 Å². The minimum absolute atomic E-state index is 0.310. The van der Waals surface area contributed by atoms with Crippen LogP contribution in [0.2, 0.25) is 0 Å². The van der Waals surface area contributed by atoms with Gasteiger partial charge in [-0.25, -0.2) is 0 Å². The van der Waals surface area contributed by atoms with E-state index in [-0.39, 0.29) is 0 Å². The molecule has 0 radical (unpaired) electrons. The molecular formula is C72H57N3. The summed E-state index contributed by atoms with van der Waals surface area (Å²) in [5.41, 5.74) is 21.6. The molecule has 0 heterocycles. The van der Waals surface area contributed by atoms with Crippen molar-refractivity contribution in [2.75, 3.05) is 14.7 Å². The van der Waals surface area contributed by atoms with Gasteiger partial charge in [0, 0.05) is 51.5 Å². The first-order chi connectivity index (χ1) is 37.2. The smallest absolute Gasteiger partial charge is 0.0462 e. The lowest BCUT2D eigenvalue weighted by Gasteiger charge is -2.36. The van der Waals surface area contributed by atoms with E-state index < -0.39 is 0 Å². The molecule has 12 rings (SSSR count). The van der Waals surface area contributed by atoms with E-state index in [9.17, 15) is 0 Å². The maximum absolute atomic E-state index is 2.57. The van der Waals surface area contributed by atoms with Gasteiger partial charge in [-0.1, -0.05) is 206 Å². The third kappa shape index (κ3) is 10.3. The molecule has 1 unspecified atom stereocenters. The average molecular weight is 964 g/mol. The Morgan fingerprint density at radius 1 is 0.227 bits per heavy atom. The first-order valence-electron chi connectivity index (χ1n) is 26.1. The van der Waals surface area contributed by atoms with Crippen LogP contribution in [0.1, 0.15) is 24.8 Å². The summed E-state index contributed by atoms with van der Waals surface area (Å²) < 4.78 is 0. The van der Waals surface area contributed by atoms with Crippen molar-refractivity contribution in [1.82, 2.24) is 0 Å². The molecule has 0 spiro atoms. The van der Waals surface area contributed by atoms with E-state index in [1.54, 1.807) is 0 Å². The molecule has 11 aromatic carbocycles. The highest BCUT2D eigenvalue weighted by atomic mass is 15.2. The summed E-state index contributed by atoms with van der Waals surface area (Å²) in [7, 11) is 0. The van der Waals surface area contributed by atoms with Crippen LogP contribution in [0.15, 0.2) is 303 Å². The monoisotopic (exact) mass is 963 g/mol. The standard InChI is InChI=1S/C72H57N3/c1-6-16-54(17-7-1)59-34-44-70(45-35-59)75(71-50-40-62(41-51-71)57-30-26-55(27-31-57)60-36-46-68(47-37-60)73(64-18-8-2-9-19-64)65-20-10-3-11-21-65)72-52-42-63(43-53-72)58-32-28-56(29-33-58)61-38-48-69(49-39-61)74(66-22-12-4-13-23-66)67-24-14-5-15-25-67/h1-42,44-51,72H,43,52-53H2. The number of nitrogens with zero attached hydrogens (tertiary/aromatic N) is 3. The molecule has 0 aromatic heterocycles. The lowest BCUT2D eigenvalue weighted by molar-refractivity contribution is 0.598. The van der Waals surface area contributed by atoms with Crippen LogP contribution >= 0.6 is 0 Å². The van der Waals surface area contributed by atoms with Gasteiger partial charge in [-0.2, -0.15) is 0 Å². The number of hydrogen-bond acceptors (Lipinski definition) is 3. The van der Waals surface area contributed by atoms with Crippen molar-refractivity contribution in [2.45, 2.75) is 25.3 Å². The molecule has 75 heavy (non-hydrogen) atoms. The number of anilines is 8. The third-order valence-corrected chi connectivity index (χ3v) is 14.6. The number of hydrogen-bond donors (Lipinski definition) is 0. The van der Waals surface area contributed by atoms with Gasteiger partial charge in [0.25, 0.3) is 0 Å². The van der Waals surface area contributed by atoms with Crippen LogP contribution in [0.3, 0.4) is 0 Å². The van der Waals surface area contributed by atoms with E-state index in [4.69, 9.17) is 0 Å². The van der Waals surface area contributed by atoms with Crippen LogP contribution in [0.25, 0.3) is 50.1 Å². The highest BCUT2D eigenvalue weighted by Gasteiger charge is 2.25. The summed E-state index contributed by atoms with van der Waals surface area (Å²) in [4.78, 5) is 7.17. The molecule has 3 heteroatoms. The Balaban J connectivity index is 0.760. The van der Waals surface area contributed by atoms with E-state index in [0.29, 0.717) is 6.04 Å². The number of rotatable bonds is 14. The van der Waals surface area contributed by atoms with Gasteiger partial charge < -0.3 is 14.7 Å². The Bertz CT molecular complexity index is 3520. The molecule has 0 saturated heterocycles. The van der Waals surface area contributed by atoms with Crippen molar-refractivity contribution in [1.29, 1.82) is 0 Å². The van der Waals surface area contributed by atoms with E-state index >= 15 is 0 Å². The molecule has 0 saturated carbocycles. The molecule has 0 aliphatic heterocycles. The van der Waals surface area contributed by atoms with Crippen LogP contribution in [-0.2, 0) is 0 Å². The van der Waals surface area contributed by atoms with Gasteiger partial charge in [-0.15, -0.1) is 0 Å². The van der Waals surface area contributed by atoms with Crippen LogP contribution in [-0.4, -0.2) is 6.04 Å². The zero-order chi connectivity index (χ0) is 50.2. The Morgan fingerprint density at radius 3 is 0.760 bits per heavy atom. The Hall–Kier alpha value is -9.44. The maximum atomic E-state index is 2.57. The maximum Gasteiger partial charge on any atom is 0.0462 e. The fourth-order valence-electron chi connectivity index (χ4n) is 10.7. The van der Waals surface area contributed by atoms with Crippen LogP contribution in [0, 0.1) is 0 Å². The Labute approximate surface area is 442 Å². The summed E-state index contributed by atoms with van der Waals surface area (Å²) in [6.45, 7) is 0. The second kappa shape index (κ2) is 21.7. The molecule has 1 atom stereocenters. The normalized spacial score (nSPS) is 13.1. The van der Waals surface area contributed by atoms with Gasteiger partial charge >= 0.3 is 0 Å². The summed E-state index contributed by atoms with van der Waals surface area (Å²) >= 11 is 0. The quantitative estimate of drug-likeness (QED) is 0.108. The highest BCUT2D eigenvalue weighted by molar-refractivity contribution is 5.82. The van der Waals surface area contributed by atoms with E-state index in [1.807, 2.05) is 0 Å². The highest BCUT2D eigenvalue weighted by Crippen LogP contribution is 2.41. The van der Waals surface area contributed by atoms with Crippen molar-refractivity contribution >= 4 is 51.1 Å². The van der Waals surface area contributed by atoms with Crippen LogP contribution in [0.4, 0.5) is 45.5 Å². The number of para-hydroxylation sites is 4. The zero-order valence-electron chi connectivity index (χ0n) is 41.9. The Kier molecular flexibility index (Phi) is 13.5. The lowest BCUT2D eigenvalue weighted by Crippen LogP contribution is -2.32. The molecular weight excluding hydrogens is 907 g/mol. The SMILES string of the molecule is C1=C(c2ccc(-c3ccc(N(c4ccccc4)c4ccccc4)cc3)cc2)CCC(N(c2ccc(-c3ccccc3)cc2)c2ccc(-c3ccc(-c4ccc(N(c5ccccc5)c5ccccc5)cc4)cc3)cc2)C1. The summed E-state index contributed by atoms with van der Waals surface area (Å²) in [5.74, 6) is 0. The van der Waals surface area contributed by atoms with Gasteiger partial charge in [0.15, 0.2) is 0 Å². The van der Waals surface area contributed by atoms with Crippen molar-refractivity contribution in [3.63, 3.8) is 0 Å². The lowest BCUT2D eigenvalue weighted by atomic mass is 9.88. The van der Waals surface area contributed by atoms with Crippen molar-refractivity contribution < 1.29 is 0 Å². The third-order valence-electron chi connectivity index (χ3n) is 14.6. The Morgan fingerprint density at radius 2 is 0.467 bits per heavy atom. The molecule has 0 bridgehead atoms. The number of benzene rings is 11. The number of allylic oxidation sites excluding steroid dienone is 1. The predicted molar refractivity (Wildman–Crippen MR) is 318 cm³/mol. The largest absolute Gasteiger partial charge is 0.338 e. The average Bonchev–Trinajstić information content (AvgIpc) is 3.50. The molecule has 0 N–H and O–H groups in total. The van der Waals surface area contributed by atoms with Crippen molar-refractivity contribution in [2.24, 2.45) is 0 Å². The van der Waals surface area contributed by atoms with E-state index in [2.05, 4.69) is 318 Å². The minimum Gasteiger partial charge on any atom is -0.338 e.